The van der Waals surface area contributed by atoms with E-state index in [1.54, 1.807) is 7.05 Å². The molecule has 2 aromatic rings. The maximum atomic E-state index is 12.2. The van der Waals surface area contributed by atoms with Gasteiger partial charge in [-0.05, 0) is 43.2 Å². The molecule has 6 nitrogen and oxygen atoms in total. The van der Waals surface area contributed by atoms with Crippen LogP contribution in [0.4, 0.5) is 0 Å². The van der Waals surface area contributed by atoms with Crippen molar-refractivity contribution in [1.82, 2.24) is 20.1 Å². The van der Waals surface area contributed by atoms with Gasteiger partial charge in [0, 0.05) is 51.2 Å². The minimum Gasteiger partial charge on any atom is -0.353 e. The minimum absolute atomic E-state index is 0. The van der Waals surface area contributed by atoms with Gasteiger partial charge in [0.1, 0.15) is 0 Å². The minimum atomic E-state index is -0.0260. The van der Waals surface area contributed by atoms with Crippen molar-refractivity contribution in [1.29, 1.82) is 0 Å². The average molecular weight is 497 g/mol. The second-order valence-electron chi connectivity index (χ2n) is 6.85. The third-order valence-corrected chi connectivity index (χ3v) is 4.68. The number of halogens is 1. The molecule has 0 aliphatic carbocycles. The smallest absolute Gasteiger partial charge is 0.251 e. The first-order valence-corrected chi connectivity index (χ1v) is 9.36. The normalized spacial score (nSPS) is 12.1. The Kier molecular flexibility index (Phi) is 10.1. The van der Waals surface area contributed by atoms with Gasteiger partial charge < -0.3 is 20.1 Å². The molecular formula is C21H32IN5O. The third kappa shape index (κ3) is 6.85. The Balaban J connectivity index is 0.00000392. The second-order valence-corrected chi connectivity index (χ2v) is 6.85. The number of aromatic nitrogens is 1. The lowest BCUT2D eigenvalue weighted by Crippen LogP contribution is -2.38. The van der Waals surface area contributed by atoms with Crippen molar-refractivity contribution in [3.63, 3.8) is 0 Å². The maximum absolute atomic E-state index is 12.2. The standard InChI is InChI=1S/C21H31N5O.HI/c1-6-16(2)24-20(27)18-11-9-17(10-12-18)14-23-21(22-3)26(5)15-19-8-7-13-25(19)4;/h7-13,16H,6,14-15H2,1-5H3,(H,22,23)(H,24,27);1H. The van der Waals surface area contributed by atoms with Crippen LogP contribution in [0, 0.1) is 0 Å². The summed E-state index contributed by atoms with van der Waals surface area (Å²) in [6.45, 7) is 5.49. The number of aryl methyl sites for hydroxylation is 1. The number of benzene rings is 1. The van der Waals surface area contributed by atoms with E-state index in [2.05, 4.69) is 38.1 Å². The lowest BCUT2D eigenvalue weighted by molar-refractivity contribution is 0.0939. The molecule has 1 atom stereocenters. The van der Waals surface area contributed by atoms with E-state index >= 15 is 0 Å². The summed E-state index contributed by atoms with van der Waals surface area (Å²) >= 11 is 0. The fourth-order valence-corrected chi connectivity index (χ4v) is 2.73. The molecule has 0 bridgehead atoms. The van der Waals surface area contributed by atoms with Crippen molar-refractivity contribution in [2.75, 3.05) is 14.1 Å². The number of carbonyl (C=O) groups excluding carboxylic acids is 1. The Hall–Kier alpha value is -2.03. The van der Waals surface area contributed by atoms with Crippen LogP contribution in [0.2, 0.25) is 0 Å². The molecule has 154 valence electrons. The Morgan fingerprint density at radius 1 is 1.25 bits per heavy atom. The Bertz CT molecular complexity index is 769. The molecule has 2 N–H and O–H groups in total. The second kappa shape index (κ2) is 11.7. The van der Waals surface area contributed by atoms with Crippen molar-refractivity contribution in [3.8, 4) is 0 Å². The van der Waals surface area contributed by atoms with Gasteiger partial charge in [-0.15, -0.1) is 24.0 Å². The van der Waals surface area contributed by atoms with Gasteiger partial charge in [0.15, 0.2) is 5.96 Å². The van der Waals surface area contributed by atoms with Crippen LogP contribution in [-0.2, 0) is 20.1 Å². The van der Waals surface area contributed by atoms with Crippen molar-refractivity contribution < 1.29 is 4.79 Å². The molecule has 0 saturated carbocycles. The summed E-state index contributed by atoms with van der Waals surface area (Å²) in [6, 6.07) is 12.0. The fourth-order valence-electron chi connectivity index (χ4n) is 2.73. The molecule has 0 spiro atoms. The van der Waals surface area contributed by atoms with Crippen LogP contribution >= 0.6 is 24.0 Å². The van der Waals surface area contributed by atoms with Gasteiger partial charge in [-0.25, -0.2) is 0 Å². The Morgan fingerprint density at radius 3 is 2.46 bits per heavy atom. The zero-order chi connectivity index (χ0) is 19.8. The van der Waals surface area contributed by atoms with Gasteiger partial charge in [-0.1, -0.05) is 19.1 Å². The highest BCUT2D eigenvalue weighted by molar-refractivity contribution is 14.0. The zero-order valence-corrected chi connectivity index (χ0v) is 19.7. The van der Waals surface area contributed by atoms with Crippen LogP contribution in [0.1, 0.15) is 41.9 Å². The number of aliphatic imine (C=N–C) groups is 1. The first kappa shape index (κ1) is 24.0. The summed E-state index contributed by atoms with van der Waals surface area (Å²) < 4.78 is 2.10. The summed E-state index contributed by atoms with van der Waals surface area (Å²) in [5, 5.41) is 6.36. The maximum Gasteiger partial charge on any atom is 0.251 e. The van der Waals surface area contributed by atoms with Crippen molar-refractivity contribution in [3.05, 3.63) is 59.4 Å². The third-order valence-electron chi connectivity index (χ3n) is 4.68. The van der Waals surface area contributed by atoms with E-state index in [1.165, 1.54) is 5.69 Å². The number of amides is 1. The van der Waals surface area contributed by atoms with Crippen LogP contribution in [0.3, 0.4) is 0 Å². The average Bonchev–Trinajstić information content (AvgIpc) is 3.07. The SMILES string of the molecule is CCC(C)NC(=O)c1ccc(CNC(=NC)N(C)Cc2cccn2C)cc1.I. The van der Waals surface area contributed by atoms with Crippen LogP contribution in [0.5, 0.6) is 0 Å². The summed E-state index contributed by atoms with van der Waals surface area (Å²) in [5.41, 5.74) is 3.00. The molecule has 1 aromatic heterocycles. The number of hydrogen-bond acceptors (Lipinski definition) is 2. The highest BCUT2D eigenvalue weighted by Crippen LogP contribution is 2.07. The van der Waals surface area contributed by atoms with Gasteiger partial charge in [0.25, 0.3) is 5.91 Å². The molecular weight excluding hydrogens is 465 g/mol. The molecule has 1 unspecified atom stereocenters. The largest absolute Gasteiger partial charge is 0.353 e. The molecule has 0 saturated heterocycles. The van der Waals surface area contributed by atoms with Gasteiger partial charge in [-0.3, -0.25) is 9.79 Å². The van der Waals surface area contributed by atoms with E-state index in [0.717, 1.165) is 24.5 Å². The molecule has 2 rings (SSSR count). The first-order chi connectivity index (χ1) is 12.9. The summed E-state index contributed by atoms with van der Waals surface area (Å²) in [6.07, 6.45) is 2.96. The molecule has 28 heavy (non-hydrogen) atoms. The van der Waals surface area contributed by atoms with E-state index in [-0.39, 0.29) is 35.9 Å². The van der Waals surface area contributed by atoms with Crippen LogP contribution in [0.25, 0.3) is 0 Å². The Labute approximate surface area is 185 Å². The monoisotopic (exact) mass is 497 g/mol. The quantitative estimate of drug-likeness (QED) is 0.351. The molecule has 0 radical (unpaired) electrons. The first-order valence-electron chi connectivity index (χ1n) is 9.36. The van der Waals surface area contributed by atoms with E-state index in [4.69, 9.17) is 0 Å². The van der Waals surface area contributed by atoms with E-state index in [9.17, 15) is 4.79 Å². The predicted octanol–water partition coefficient (Wildman–Crippen LogP) is 3.38. The summed E-state index contributed by atoms with van der Waals surface area (Å²) in [5.74, 6) is 0.803. The molecule has 0 aliphatic heterocycles. The Morgan fingerprint density at radius 2 is 1.93 bits per heavy atom. The molecule has 0 aliphatic rings. The lowest BCUT2D eigenvalue weighted by atomic mass is 10.1. The van der Waals surface area contributed by atoms with Crippen LogP contribution < -0.4 is 10.6 Å². The van der Waals surface area contributed by atoms with Crippen molar-refractivity contribution in [2.24, 2.45) is 12.0 Å². The van der Waals surface area contributed by atoms with Crippen molar-refractivity contribution in [2.45, 2.75) is 39.4 Å². The highest BCUT2D eigenvalue weighted by Gasteiger charge is 2.10. The number of guanidine groups is 1. The van der Waals surface area contributed by atoms with E-state index in [1.807, 2.05) is 57.5 Å². The van der Waals surface area contributed by atoms with Gasteiger partial charge >= 0.3 is 0 Å². The van der Waals surface area contributed by atoms with Gasteiger partial charge in [0.2, 0.25) is 0 Å². The van der Waals surface area contributed by atoms with Gasteiger partial charge in [0.05, 0.1) is 6.54 Å². The number of nitrogens with one attached hydrogen (secondary N) is 2. The lowest BCUT2D eigenvalue weighted by Gasteiger charge is -2.22. The van der Waals surface area contributed by atoms with Crippen molar-refractivity contribution >= 4 is 35.8 Å². The van der Waals surface area contributed by atoms with E-state index < -0.39 is 0 Å². The summed E-state index contributed by atoms with van der Waals surface area (Å²) in [4.78, 5) is 18.6. The topological polar surface area (TPSA) is 61.7 Å². The number of carbonyl (C=O) groups is 1. The van der Waals surface area contributed by atoms with Gasteiger partial charge in [-0.2, -0.15) is 0 Å². The van der Waals surface area contributed by atoms with E-state index in [0.29, 0.717) is 12.1 Å². The zero-order valence-electron chi connectivity index (χ0n) is 17.4. The molecule has 0 fully saturated rings. The summed E-state index contributed by atoms with van der Waals surface area (Å²) in [7, 11) is 5.84. The number of nitrogens with zero attached hydrogens (tertiary/aromatic N) is 3. The molecule has 1 aromatic carbocycles. The number of rotatable bonds is 7. The molecule has 1 amide bonds. The molecule has 7 heteroatoms. The highest BCUT2D eigenvalue weighted by atomic mass is 127. The van der Waals surface area contributed by atoms with Crippen LogP contribution in [-0.4, -0.2) is 41.5 Å². The number of hydrogen-bond donors (Lipinski definition) is 2. The predicted molar refractivity (Wildman–Crippen MR) is 126 cm³/mol. The van der Waals surface area contributed by atoms with Crippen LogP contribution in [0.15, 0.2) is 47.6 Å². The fraction of sp³-hybridized carbons (Fsp3) is 0.429. The molecule has 1 heterocycles.